The first-order chi connectivity index (χ1) is 19.3. The Morgan fingerprint density at radius 1 is 1.00 bits per heavy atom. The molecule has 0 amide bonds. The van der Waals surface area contributed by atoms with E-state index in [1.165, 1.54) is 0 Å². The smallest absolute Gasteiger partial charge is 0.333 e. The maximum absolute atomic E-state index is 12.7. The van der Waals surface area contributed by atoms with E-state index < -0.39 is 23.2 Å². The fourth-order valence-corrected chi connectivity index (χ4v) is 11.0. The van der Waals surface area contributed by atoms with E-state index in [2.05, 4.69) is 32.9 Å². The lowest BCUT2D eigenvalue weighted by molar-refractivity contribution is -0.157. The number of esters is 1. The molecule has 1 rings (SSSR count). The predicted octanol–water partition coefficient (Wildman–Crippen LogP) is 7.42. The largest absolute Gasteiger partial charge is 0.831 e. The summed E-state index contributed by atoms with van der Waals surface area (Å²) in [7, 11) is -1.08. The van der Waals surface area contributed by atoms with E-state index >= 15 is 0 Å². The van der Waals surface area contributed by atoms with Crippen LogP contribution in [0.1, 0.15) is 85.6 Å². The van der Waals surface area contributed by atoms with Crippen LogP contribution < -0.4 is 4.89 Å². The molecule has 0 saturated heterocycles. The third-order valence-electron chi connectivity index (χ3n) is 7.56. The fourth-order valence-electron chi connectivity index (χ4n) is 5.25. The van der Waals surface area contributed by atoms with Crippen molar-refractivity contribution in [2.24, 2.45) is 5.92 Å². The molecule has 0 aliphatic rings. The van der Waals surface area contributed by atoms with E-state index in [4.69, 9.17) is 18.6 Å². The topological polar surface area (TPSA) is 77.0 Å². The van der Waals surface area contributed by atoms with E-state index in [0.29, 0.717) is 25.4 Å². The van der Waals surface area contributed by atoms with Crippen LogP contribution in [0.5, 0.6) is 0 Å². The van der Waals surface area contributed by atoms with Crippen molar-refractivity contribution in [3.05, 3.63) is 47.5 Å². The van der Waals surface area contributed by atoms with Crippen LogP contribution in [0, 0.1) is 5.92 Å². The monoisotopic (exact) mass is 595 g/mol. The second kappa shape index (κ2) is 21.6. The summed E-state index contributed by atoms with van der Waals surface area (Å²) in [4.78, 5) is 25.0. The lowest BCUT2D eigenvalue weighted by atomic mass is 9.97. The van der Waals surface area contributed by atoms with Gasteiger partial charge in [-0.05, 0) is 49.1 Å². The van der Waals surface area contributed by atoms with E-state index in [1.807, 2.05) is 31.2 Å². The molecule has 40 heavy (non-hydrogen) atoms. The molecule has 0 aliphatic heterocycles. The Bertz CT molecular complexity index is 799. The molecular weight excluding hydrogens is 539 g/mol. The van der Waals surface area contributed by atoms with E-state index in [0.717, 1.165) is 62.2 Å². The minimum absolute atomic E-state index is 0.177. The molecule has 0 aromatic heterocycles. The van der Waals surface area contributed by atoms with Crippen LogP contribution in [0.15, 0.2) is 42.0 Å². The second-order valence-corrected chi connectivity index (χ2v) is 15.9. The Kier molecular flexibility index (Phi) is 19.9. The third kappa shape index (κ3) is 13.3. The lowest BCUT2D eigenvalue weighted by Gasteiger charge is -2.42. The van der Waals surface area contributed by atoms with Crippen LogP contribution in [0.3, 0.4) is 0 Å². The standard InChI is InChI=1S/C32H56O6PSi/c1-8-12-20-40(21-13-9-2,22-14-10-3)38-29(25-36-24-28-18-16-15-17-19-28)30(35-7)31(39-34)26(5)23-27(6)32(33)37-11-4/h15-19,23,26,29-31,39H,8-14,20-22,24-25H2,1-7H3/q-1/b27-23+/t26-,29+,30-,31+/m1/s1. The van der Waals surface area contributed by atoms with Crippen LogP contribution in [-0.4, -0.2) is 52.5 Å². The summed E-state index contributed by atoms with van der Waals surface area (Å²) < 4.78 is 24.9. The Morgan fingerprint density at radius 2 is 1.57 bits per heavy atom. The average Bonchev–Trinajstić information content (AvgIpc) is 2.96. The van der Waals surface area contributed by atoms with Gasteiger partial charge in [0.1, 0.15) is 0 Å². The molecule has 6 nitrogen and oxygen atoms in total. The molecule has 0 saturated carbocycles. The van der Waals surface area contributed by atoms with E-state index in [9.17, 15) is 9.69 Å². The summed E-state index contributed by atoms with van der Waals surface area (Å²) in [5, 5.41) is 0. The highest BCUT2D eigenvalue weighted by molar-refractivity contribution is 7.30. The van der Waals surface area contributed by atoms with Gasteiger partial charge in [0, 0.05) is 12.7 Å². The van der Waals surface area contributed by atoms with E-state index in [-0.39, 0.29) is 23.7 Å². The normalized spacial score (nSPS) is 15.8. The van der Waals surface area contributed by atoms with Crippen molar-refractivity contribution in [1.82, 2.24) is 0 Å². The quantitative estimate of drug-likeness (QED) is 0.0567. The number of allylic oxidation sites excluding steroid dienone is 1. The molecule has 8 heteroatoms. The van der Waals surface area contributed by atoms with Gasteiger partial charge in [-0.3, -0.25) is 0 Å². The number of hydrogen-bond donors (Lipinski definition) is 0. The first-order valence-electron chi connectivity index (χ1n) is 15.4. The zero-order valence-corrected chi connectivity index (χ0v) is 28.2. The van der Waals surface area contributed by atoms with Crippen LogP contribution in [0.2, 0.25) is 18.1 Å². The molecule has 1 aromatic rings. The summed E-state index contributed by atoms with van der Waals surface area (Å²) in [6.07, 6.45) is 7.94. The van der Waals surface area contributed by atoms with Gasteiger partial charge in [-0.25, -0.2) is 13.6 Å². The first kappa shape index (κ1) is 36.9. The summed E-state index contributed by atoms with van der Waals surface area (Å²) >= 11 is 0. The molecule has 0 spiro atoms. The van der Waals surface area contributed by atoms with Gasteiger partial charge in [0.25, 0.3) is 0 Å². The lowest BCUT2D eigenvalue weighted by Crippen LogP contribution is -2.51. The summed E-state index contributed by atoms with van der Waals surface area (Å²) in [5.74, 6) is -0.524. The molecule has 0 fully saturated rings. The van der Waals surface area contributed by atoms with Crippen molar-refractivity contribution < 1.29 is 28.3 Å². The molecule has 5 atom stereocenters. The SMILES string of the molecule is CCCC[Si](CCCC)(CCCC)O[C@@H](COCc1ccccc1)[C@@H](OC)[C@@H](P[O-])[C@H](C)/C=C(\C)C(=O)OCC. The Balaban J connectivity index is 3.37. The van der Waals surface area contributed by atoms with Gasteiger partial charge in [-0.15, -0.1) is 0 Å². The van der Waals surface area contributed by atoms with Crippen molar-refractivity contribution in [2.45, 2.75) is 123 Å². The van der Waals surface area contributed by atoms with Gasteiger partial charge in [-0.2, -0.15) is 0 Å². The zero-order chi connectivity index (χ0) is 29.8. The van der Waals surface area contributed by atoms with Crippen LogP contribution in [0.25, 0.3) is 0 Å². The maximum Gasteiger partial charge on any atom is 0.333 e. The molecule has 230 valence electrons. The van der Waals surface area contributed by atoms with Gasteiger partial charge in [0.05, 0.1) is 32.0 Å². The number of carbonyl (C=O) groups excluding carboxylic acids is 1. The first-order valence-corrected chi connectivity index (χ1v) is 18.9. The Labute approximate surface area is 247 Å². The highest BCUT2D eigenvalue weighted by Gasteiger charge is 2.40. The van der Waals surface area contributed by atoms with Crippen molar-refractivity contribution in [3.63, 3.8) is 0 Å². The molecule has 1 unspecified atom stereocenters. The molecule has 0 radical (unpaired) electrons. The van der Waals surface area contributed by atoms with Gasteiger partial charge >= 0.3 is 5.97 Å². The number of methoxy groups -OCH3 is 1. The minimum Gasteiger partial charge on any atom is -0.831 e. The molecule has 1 aromatic carbocycles. The number of unbranched alkanes of at least 4 members (excludes halogenated alkanes) is 3. The summed E-state index contributed by atoms with van der Waals surface area (Å²) in [6, 6.07) is 13.5. The predicted molar refractivity (Wildman–Crippen MR) is 168 cm³/mol. The van der Waals surface area contributed by atoms with Crippen LogP contribution >= 0.6 is 8.81 Å². The van der Waals surface area contributed by atoms with Gasteiger partial charge in [-0.1, -0.05) is 103 Å². The molecule has 0 heterocycles. The summed E-state index contributed by atoms with van der Waals surface area (Å²) in [6.45, 7) is 13.4. The highest BCUT2D eigenvalue weighted by atomic mass is 31.1. The minimum atomic E-state index is -2.13. The van der Waals surface area contributed by atoms with Crippen LogP contribution in [0.4, 0.5) is 0 Å². The number of hydrogen-bond acceptors (Lipinski definition) is 6. The molecule has 0 bridgehead atoms. The highest BCUT2D eigenvalue weighted by Crippen LogP contribution is 2.35. The van der Waals surface area contributed by atoms with Crippen molar-refractivity contribution >= 4 is 23.1 Å². The Morgan fingerprint density at radius 3 is 2.05 bits per heavy atom. The van der Waals surface area contributed by atoms with Crippen molar-refractivity contribution in [2.75, 3.05) is 20.3 Å². The zero-order valence-electron chi connectivity index (χ0n) is 26.2. The maximum atomic E-state index is 12.7. The van der Waals surface area contributed by atoms with E-state index in [1.54, 1.807) is 21.0 Å². The summed E-state index contributed by atoms with van der Waals surface area (Å²) in [5.41, 5.74) is 1.27. The fraction of sp³-hybridized carbons (Fsp3) is 0.719. The van der Waals surface area contributed by atoms with Crippen LogP contribution in [-0.2, 0) is 30.0 Å². The molecular formula is C32H56O6PSi-. The van der Waals surface area contributed by atoms with Crippen molar-refractivity contribution in [3.8, 4) is 0 Å². The van der Waals surface area contributed by atoms with Gasteiger partial charge in [0.2, 0.25) is 0 Å². The number of benzene rings is 1. The third-order valence-corrected chi connectivity index (χ3v) is 13.3. The second-order valence-electron chi connectivity index (χ2n) is 10.9. The average molecular weight is 596 g/mol. The van der Waals surface area contributed by atoms with Gasteiger partial charge < -0.3 is 23.5 Å². The number of rotatable bonds is 23. The Hall–Kier alpha value is -1.08. The molecule has 0 N–H and O–H groups in total. The number of carbonyl (C=O) groups is 1. The van der Waals surface area contributed by atoms with Gasteiger partial charge in [0.15, 0.2) is 8.32 Å². The number of ether oxygens (including phenoxy) is 3. The van der Waals surface area contributed by atoms with Crippen molar-refractivity contribution in [1.29, 1.82) is 0 Å². The molecule has 0 aliphatic carbocycles.